The van der Waals surface area contributed by atoms with Gasteiger partial charge < -0.3 is 19.7 Å². The third-order valence-corrected chi connectivity index (χ3v) is 5.35. The Morgan fingerprint density at radius 2 is 1.65 bits per heavy atom. The van der Waals surface area contributed by atoms with Gasteiger partial charge in [0.15, 0.2) is 11.6 Å². The smallest absolute Gasteiger partial charge is 0.333 e. The summed E-state index contributed by atoms with van der Waals surface area (Å²) in [4.78, 5) is 19.3. The van der Waals surface area contributed by atoms with Crippen molar-refractivity contribution in [3.63, 3.8) is 0 Å². The molecule has 2 aliphatic rings. The lowest BCUT2D eigenvalue weighted by molar-refractivity contribution is 0.0207. The van der Waals surface area contributed by atoms with Crippen molar-refractivity contribution in [2.75, 3.05) is 62.8 Å². The highest BCUT2D eigenvalue weighted by Gasteiger charge is 2.18. The van der Waals surface area contributed by atoms with Crippen molar-refractivity contribution in [3.8, 4) is 11.4 Å². The summed E-state index contributed by atoms with van der Waals surface area (Å²) in [6, 6.07) is 11.3. The lowest BCUT2D eigenvalue weighted by Crippen LogP contribution is -2.49. The van der Waals surface area contributed by atoms with Crippen LogP contribution in [0.4, 0.5) is 16.3 Å². The number of hydrogen-bond donors (Lipinski definition) is 2. The van der Waals surface area contributed by atoms with E-state index in [1.54, 1.807) is 0 Å². The molecule has 10 heteroatoms. The molecule has 2 fully saturated rings. The van der Waals surface area contributed by atoms with E-state index in [9.17, 15) is 4.79 Å². The van der Waals surface area contributed by atoms with Gasteiger partial charge >= 0.3 is 6.03 Å². The number of ether oxygens (including phenoxy) is 2. The van der Waals surface area contributed by atoms with Gasteiger partial charge in [0.2, 0.25) is 0 Å². The number of carbonyl (C=O) groups excluding carboxylic acids is 1. The molecule has 2 saturated heterocycles. The summed E-state index contributed by atoms with van der Waals surface area (Å²) in [6.45, 7) is 5.59. The zero-order valence-electron chi connectivity index (χ0n) is 17.2. The number of anilines is 2. The highest BCUT2D eigenvalue weighted by atomic mass is 16.5. The number of amides is 2. The lowest BCUT2D eigenvalue weighted by atomic mass is 10.2. The molecule has 4 heterocycles. The van der Waals surface area contributed by atoms with Crippen molar-refractivity contribution >= 4 is 23.1 Å². The van der Waals surface area contributed by atoms with Crippen molar-refractivity contribution in [3.05, 3.63) is 42.6 Å². The first-order chi connectivity index (χ1) is 15.3. The van der Waals surface area contributed by atoms with Crippen molar-refractivity contribution in [2.24, 2.45) is 0 Å². The van der Waals surface area contributed by atoms with E-state index in [2.05, 4.69) is 20.7 Å². The number of carbonyl (C=O) groups is 1. The lowest BCUT2D eigenvalue weighted by Gasteiger charge is -2.28. The highest BCUT2D eigenvalue weighted by molar-refractivity contribution is 5.89. The minimum atomic E-state index is -0.269. The first kappa shape index (κ1) is 19.7. The molecule has 0 saturated carbocycles. The van der Waals surface area contributed by atoms with Gasteiger partial charge in [0.05, 0.1) is 26.4 Å². The predicted molar refractivity (Wildman–Crippen MR) is 116 cm³/mol. The summed E-state index contributed by atoms with van der Waals surface area (Å²) >= 11 is 0. The molecule has 3 aromatic rings. The van der Waals surface area contributed by atoms with Crippen LogP contribution in [0.15, 0.2) is 42.6 Å². The molecule has 0 unspecified atom stereocenters. The summed E-state index contributed by atoms with van der Waals surface area (Å²) in [5.74, 6) is 1.54. The Morgan fingerprint density at radius 1 is 0.935 bits per heavy atom. The molecule has 0 bridgehead atoms. The molecule has 162 valence electrons. The van der Waals surface area contributed by atoms with Gasteiger partial charge in [-0.15, -0.1) is 5.10 Å². The summed E-state index contributed by atoms with van der Waals surface area (Å²) in [7, 11) is 0. The number of hydrazine groups is 1. The van der Waals surface area contributed by atoms with Gasteiger partial charge in [-0.05, 0) is 36.4 Å². The minimum absolute atomic E-state index is 0.269. The number of fused-ring (bicyclic) bond motifs is 1. The molecule has 0 spiro atoms. The summed E-state index contributed by atoms with van der Waals surface area (Å²) in [5, 5.41) is 9.36. The quantitative estimate of drug-likeness (QED) is 0.658. The van der Waals surface area contributed by atoms with Gasteiger partial charge in [-0.1, -0.05) is 0 Å². The fourth-order valence-electron chi connectivity index (χ4n) is 3.73. The van der Waals surface area contributed by atoms with E-state index in [1.165, 1.54) is 0 Å². The Kier molecular flexibility index (Phi) is 5.65. The number of aromatic nitrogens is 3. The average molecular weight is 423 g/mol. The normalized spacial score (nSPS) is 17.6. The minimum Gasteiger partial charge on any atom is -0.379 e. The van der Waals surface area contributed by atoms with Gasteiger partial charge in [0.25, 0.3) is 0 Å². The van der Waals surface area contributed by atoms with Crippen LogP contribution in [0.5, 0.6) is 0 Å². The number of benzene rings is 1. The standard InChI is InChI=1S/C21H25N7O3/c29-21(25-27-10-14-31-15-11-27)22-17-5-3-16(4-6-17)19-23-20(26-8-12-30-13-9-26)18-2-1-7-28(18)24-19/h1-7H,8-15H2,(H2,22,25,29). The van der Waals surface area contributed by atoms with E-state index in [0.717, 1.165) is 30.0 Å². The summed E-state index contributed by atoms with van der Waals surface area (Å²) in [6.07, 6.45) is 1.93. The molecule has 2 amide bonds. The van der Waals surface area contributed by atoms with Crippen molar-refractivity contribution in [1.29, 1.82) is 0 Å². The number of morpholine rings is 2. The second kappa shape index (κ2) is 8.88. The van der Waals surface area contributed by atoms with Gasteiger partial charge in [-0.2, -0.15) is 0 Å². The maximum absolute atomic E-state index is 12.2. The van der Waals surface area contributed by atoms with Crippen LogP contribution >= 0.6 is 0 Å². The van der Waals surface area contributed by atoms with Gasteiger partial charge in [0.1, 0.15) is 5.52 Å². The summed E-state index contributed by atoms with van der Waals surface area (Å²) in [5.41, 5.74) is 5.39. The van der Waals surface area contributed by atoms with Crippen LogP contribution in [0, 0.1) is 0 Å². The van der Waals surface area contributed by atoms with Crippen LogP contribution in [-0.4, -0.2) is 78.2 Å². The second-order valence-corrected chi connectivity index (χ2v) is 7.44. The number of urea groups is 1. The molecule has 2 aromatic heterocycles. The average Bonchev–Trinajstić information content (AvgIpc) is 3.29. The van der Waals surface area contributed by atoms with E-state index in [4.69, 9.17) is 14.5 Å². The molecule has 1 aromatic carbocycles. The second-order valence-electron chi connectivity index (χ2n) is 7.44. The zero-order valence-corrected chi connectivity index (χ0v) is 17.2. The topological polar surface area (TPSA) is 96.3 Å². The number of nitrogens with zero attached hydrogens (tertiary/aromatic N) is 5. The maximum atomic E-state index is 12.2. The van der Waals surface area contributed by atoms with Crippen LogP contribution in [0.3, 0.4) is 0 Å². The van der Waals surface area contributed by atoms with Crippen molar-refractivity contribution < 1.29 is 14.3 Å². The van der Waals surface area contributed by atoms with Crippen molar-refractivity contribution in [1.82, 2.24) is 25.0 Å². The van der Waals surface area contributed by atoms with E-state index in [1.807, 2.05) is 52.1 Å². The molecular formula is C21H25N7O3. The van der Waals surface area contributed by atoms with Crippen LogP contribution < -0.4 is 15.6 Å². The van der Waals surface area contributed by atoms with Crippen LogP contribution in [0.25, 0.3) is 16.9 Å². The van der Waals surface area contributed by atoms with Crippen molar-refractivity contribution in [2.45, 2.75) is 0 Å². The van der Waals surface area contributed by atoms with Gasteiger partial charge in [-0.25, -0.2) is 19.3 Å². The summed E-state index contributed by atoms with van der Waals surface area (Å²) < 4.78 is 12.6. The Labute approximate surface area is 179 Å². The van der Waals surface area contributed by atoms with Gasteiger partial charge in [0, 0.05) is 43.6 Å². The highest BCUT2D eigenvalue weighted by Crippen LogP contribution is 2.25. The molecule has 0 aliphatic carbocycles. The molecule has 2 N–H and O–H groups in total. The predicted octanol–water partition coefficient (Wildman–Crippen LogP) is 1.60. The largest absolute Gasteiger partial charge is 0.379 e. The van der Waals surface area contributed by atoms with Crippen LogP contribution in [0.1, 0.15) is 0 Å². The molecule has 0 radical (unpaired) electrons. The Morgan fingerprint density at radius 3 is 2.39 bits per heavy atom. The molecule has 0 atom stereocenters. The fraction of sp³-hybridized carbons (Fsp3) is 0.381. The number of hydrogen-bond acceptors (Lipinski definition) is 7. The Bertz CT molecular complexity index is 1040. The number of nitrogens with one attached hydrogen (secondary N) is 2. The van der Waals surface area contributed by atoms with E-state index in [0.29, 0.717) is 51.0 Å². The van der Waals surface area contributed by atoms with Crippen LogP contribution in [0.2, 0.25) is 0 Å². The zero-order chi connectivity index (χ0) is 21.0. The van der Waals surface area contributed by atoms with Gasteiger partial charge in [-0.3, -0.25) is 5.43 Å². The third kappa shape index (κ3) is 4.46. The Hall–Kier alpha value is -3.21. The maximum Gasteiger partial charge on any atom is 0.333 e. The molecule has 2 aliphatic heterocycles. The fourth-order valence-corrected chi connectivity index (χ4v) is 3.73. The number of rotatable bonds is 4. The van der Waals surface area contributed by atoms with E-state index < -0.39 is 0 Å². The molecule has 10 nitrogen and oxygen atoms in total. The monoisotopic (exact) mass is 423 g/mol. The first-order valence-corrected chi connectivity index (χ1v) is 10.5. The molecule has 5 rings (SSSR count). The Balaban J connectivity index is 1.32. The third-order valence-electron chi connectivity index (χ3n) is 5.35. The SMILES string of the molecule is O=C(Nc1ccc(-c2nc(N3CCOCC3)c3cccn3n2)cc1)NN1CCOCC1. The van der Waals surface area contributed by atoms with E-state index in [-0.39, 0.29) is 6.03 Å². The van der Waals surface area contributed by atoms with Crippen LogP contribution in [-0.2, 0) is 9.47 Å². The first-order valence-electron chi connectivity index (χ1n) is 10.5. The molecule has 31 heavy (non-hydrogen) atoms. The van der Waals surface area contributed by atoms with E-state index >= 15 is 0 Å². The molecular weight excluding hydrogens is 398 g/mol.